The molecule has 0 spiro atoms. The molecule has 0 aliphatic carbocycles. The van der Waals surface area contributed by atoms with E-state index in [0.29, 0.717) is 17.3 Å². The van der Waals surface area contributed by atoms with Crippen molar-refractivity contribution >= 4 is 56.4 Å². The lowest BCUT2D eigenvalue weighted by Gasteiger charge is -2.26. The van der Waals surface area contributed by atoms with Crippen molar-refractivity contribution in [1.82, 2.24) is 9.78 Å². The monoisotopic (exact) mass is 718 g/mol. The van der Waals surface area contributed by atoms with E-state index in [0.717, 1.165) is 85.9 Å². The van der Waals surface area contributed by atoms with Crippen molar-refractivity contribution in [2.45, 2.75) is 33.7 Å². The van der Waals surface area contributed by atoms with Crippen molar-refractivity contribution in [3.63, 3.8) is 0 Å². The van der Waals surface area contributed by atoms with Crippen molar-refractivity contribution in [2.24, 2.45) is 5.92 Å². The van der Waals surface area contributed by atoms with Crippen molar-refractivity contribution in [3.05, 3.63) is 176 Å². The Balaban J connectivity index is 1.27. The second-order valence-electron chi connectivity index (χ2n) is 14.3. The van der Waals surface area contributed by atoms with Gasteiger partial charge in [0.2, 0.25) is 0 Å². The summed E-state index contributed by atoms with van der Waals surface area (Å²) in [5, 5.41) is 6.38. The number of aryl methyl sites for hydroxylation is 1. The molecule has 0 aliphatic rings. The molecule has 0 atom stereocenters. The van der Waals surface area contributed by atoms with Gasteiger partial charge in [-0.1, -0.05) is 118 Å². The van der Waals surface area contributed by atoms with Gasteiger partial charge in [0.1, 0.15) is 5.52 Å². The van der Waals surface area contributed by atoms with E-state index in [1.54, 1.807) is 0 Å². The minimum atomic E-state index is 0.406. The van der Waals surface area contributed by atoms with Crippen LogP contribution in [0, 0.1) is 5.92 Å². The molecule has 1 heterocycles. The van der Waals surface area contributed by atoms with Gasteiger partial charge in [0, 0.05) is 62.9 Å². The molecule has 6 nitrogen and oxygen atoms in total. The maximum Gasteiger partial charge on any atom is 0.103 e. The van der Waals surface area contributed by atoms with Crippen LogP contribution in [0.3, 0.4) is 0 Å². The normalized spacial score (nSPS) is 11.3. The molecular weight excluding hydrogens is 673 g/mol. The number of hydrogen-bond donors (Lipinski definition) is 2. The average molecular weight is 719 g/mol. The first-order valence-electron chi connectivity index (χ1n) is 19.0. The van der Waals surface area contributed by atoms with Gasteiger partial charge < -0.3 is 21.3 Å². The van der Waals surface area contributed by atoms with E-state index in [2.05, 4.69) is 181 Å². The van der Waals surface area contributed by atoms with E-state index in [9.17, 15) is 0 Å². The Morgan fingerprint density at radius 2 is 0.836 bits per heavy atom. The maximum absolute atomic E-state index is 7.18. The van der Waals surface area contributed by atoms with Crippen LogP contribution in [0.15, 0.2) is 170 Å². The molecule has 0 bridgehead atoms. The average Bonchev–Trinajstić information content (AvgIpc) is 3.57. The van der Waals surface area contributed by atoms with Crippen molar-refractivity contribution in [2.75, 3.05) is 21.3 Å². The van der Waals surface area contributed by atoms with Crippen molar-refractivity contribution in [3.8, 4) is 22.3 Å². The molecular formula is C49H46N6. The summed E-state index contributed by atoms with van der Waals surface area (Å²) < 4.78 is 2.17. The minimum Gasteiger partial charge on any atom is -0.397 e. The predicted molar refractivity (Wildman–Crippen MR) is 233 cm³/mol. The Kier molecular flexibility index (Phi) is 9.80. The van der Waals surface area contributed by atoms with Gasteiger partial charge in [-0.15, -0.1) is 0 Å². The summed E-state index contributed by atoms with van der Waals surface area (Å²) in [6, 6.07) is 59.0. The van der Waals surface area contributed by atoms with E-state index in [1.165, 1.54) is 0 Å². The first-order chi connectivity index (χ1) is 26.9. The van der Waals surface area contributed by atoms with Crippen LogP contribution in [0.1, 0.15) is 26.5 Å². The Morgan fingerprint density at radius 1 is 0.491 bits per heavy atom. The molecule has 0 amide bonds. The number of nitrogens with zero attached hydrogens (tertiary/aromatic N) is 4. The SMILES string of the molecule is CCc1c2c(-c3ccc(N(c4ccccc4)c4ccccc4)cc3)c(N)c(N)c(-c3ccc(N(c4ccccc4)c4ccccc4)cc3)c2nn1CC(C)C. The fourth-order valence-corrected chi connectivity index (χ4v) is 7.67. The van der Waals surface area contributed by atoms with Crippen LogP contribution in [-0.4, -0.2) is 9.78 Å². The van der Waals surface area contributed by atoms with E-state index in [-0.39, 0.29) is 0 Å². The highest BCUT2D eigenvalue weighted by Gasteiger charge is 2.26. The van der Waals surface area contributed by atoms with Crippen molar-refractivity contribution < 1.29 is 0 Å². The topological polar surface area (TPSA) is 76.3 Å². The second-order valence-corrected chi connectivity index (χ2v) is 14.3. The lowest BCUT2D eigenvalue weighted by molar-refractivity contribution is 0.473. The number of aromatic nitrogens is 2. The molecule has 55 heavy (non-hydrogen) atoms. The number of nitrogens with two attached hydrogens (primary N) is 2. The number of fused-ring (bicyclic) bond motifs is 1. The van der Waals surface area contributed by atoms with Gasteiger partial charge in [-0.3, -0.25) is 4.68 Å². The predicted octanol–water partition coefficient (Wildman–Crippen LogP) is 12.7. The molecule has 272 valence electrons. The number of rotatable bonds is 11. The summed E-state index contributed by atoms with van der Waals surface area (Å²) in [6.45, 7) is 7.44. The van der Waals surface area contributed by atoms with Gasteiger partial charge in [-0.05, 0) is 96.3 Å². The zero-order chi connectivity index (χ0) is 37.9. The highest BCUT2D eigenvalue weighted by atomic mass is 15.3. The first kappa shape index (κ1) is 35.3. The Bertz CT molecular complexity index is 2430. The van der Waals surface area contributed by atoms with Crippen LogP contribution < -0.4 is 21.3 Å². The number of para-hydroxylation sites is 4. The van der Waals surface area contributed by atoms with Crippen LogP contribution in [-0.2, 0) is 13.0 Å². The Hall–Kier alpha value is -6.79. The minimum absolute atomic E-state index is 0.406. The second kappa shape index (κ2) is 15.3. The third-order valence-corrected chi connectivity index (χ3v) is 10.1. The number of anilines is 8. The molecule has 0 unspecified atom stereocenters. The highest BCUT2D eigenvalue weighted by Crippen LogP contribution is 2.48. The van der Waals surface area contributed by atoms with Gasteiger partial charge in [0.05, 0.1) is 11.4 Å². The number of hydrogen-bond acceptors (Lipinski definition) is 5. The lowest BCUT2D eigenvalue weighted by atomic mass is 9.90. The molecule has 0 saturated heterocycles. The Morgan fingerprint density at radius 3 is 1.20 bits per heavy atom. The van der Waals surface area contributed by atoms with Crippen molar-refractivity contribution in [1.29, 1.82) is 0 Å². The quantitative estimate of drug-likeness (QED) is 0.130. The molecule has 1 aromatic heterocycles. The number of nitrogen functional groups attached to an aromatic ring is 2. The standard InChI is InChI=1S/C49H46N6/c1-4-43-46-44(35-25-29-41(30-26-35)54(37-17-9-5-10-18-37)38-19-11-6-12-20-38)47(50)48(51)45(49(46)52-53(43)33-34(2)3)36-27-31-42(32-28-36)55(39-21-13-7-14-22-39)40-23-15-8-16-24-40/h5-32,34H,4,33,50-51H2,1-3H3. The summed E-state index contributed by atoms with van der Waals surface area (Å²) in [6.07, 6.45) is 0.801. The van der Waals surface area contributed by atoms with Crippen LogP contribution >= 0.6 is 0 Å². The summed E-state index contributed by atoms with van der Waals surface area (Å²) >= 11 is 0. The summed E-state index contributed by atoms with van der Waals surface area (Å²) in [5.41, 5.74) is 27.6. The molecule has 0 fully saturated rings. The van der Waals surface area contributed by atoms with Crippen LogP contribution in [0.2, 0.25) is 0 Å². The summed E-state index contributed by atoms with van der Waals surface area (Å²) in [4.78, 5) is 4.52. The molecule has 0 aliphatic heterocycles. The van der Waals surface area contributed by atoms with Crippen LogP contribution in [0.5, 0.6) is 0 Å². The smallest absolute Gasteiger partial charge is 0.103 e. The third kappa shape index (κ3) is 6.79. The fraction of sp³-hybridized carbons (Fsp3) is 0.122. The van der Waals surface area contributed by atoms with Gasteiger partial charge in [0.15, 0.2) is 0 Å². The van der Waals surface area contributed by atoms with E-state index < -0.39 is 0 Å². The Labute approximate surface area is 323 Å². The van der Waals surface area contributed by atoms with Gasteiger partial charge in [0.25, 0.3) is 0 Å². The van der Waals surface area contributed by atoms with Gasteiger partial charge in [-0.25, -0.2) is 0 Å². The molecule has 0 saturated carbocycles. The molecule has 0 radical (unpaired) electrons. The molecule has 7 aromatic carbocycles. The summed E-state index contributed by atoms with van der Waals surface area (Å²) in [7, 11) is 0. The van der Waals surface area contributed by atoms with Gasteiger partial charge >= 0.3 is 0 Å². The first-order valence-corrected chi connectivity index (χ1v) is 19.0. The van der Waals surface area contributed by atoms with Crippen LogP contribution in [0.25, 0.3) is 33.2 Å². The molecule has 4 N–H and O–H groups in total. The molecule has 8 rings (SSSR count). The lowest BCUT2D eigenvalue weighted by Crippen LogP contribution is -2.09. The van der Waals surface area contributed by atoms with E-state index >= 15 is 0 Å². The fourth-order valence-electron chi connectivity index (χ4n) is 7.67. The van der Waals surface area contributed by atoms with Gasteiger partial charge in [-0.2, -0.15) is 5.10 Å². The largest absolute Gasteiger partial charge is 0.397 e. The maximum atomic E-state index is 7.18. The van der Waals surface area contributed by atoms with Crippen LogP contribution in [0.4, 0.5) is 45.5 Å². The van der Waals surface area contributed by atoms with E-state index in [4.69, 9.17) is 16.6 Å². The zero-order valence-electron chi connectivity index (χ0n) is 31.6. The molecule has 6 heteroatoms. The van der Waals surface area contributed by atoms with E-state index in [1.807, 2.05) is 24.3 Å². The number of benzene rings is 7. The zero-order valence-corrected chi connectivity index (χ0v) is 31.6. The molecule has 8 aromatic rings. The highest BCUT2D eigenvalue weighted by molar-refractivity contribution is 6.15. The summed E-state index contributed by atoms with van der Waals surface area (Å²) in [5.74, 6) is 0.406. The third-order valence-electron chi connectivity index (χ3n) is 10.1.